The molecule has 2 N–H and O–H groups in total. The molecular weight excluding hydrogens is 324 g/mol. The quantitative estimate of drug-likeness (QED) is 0.849. The monoisotopic (exact) mass is 340 g/mol. The molecule has 0 amide bonds. The lowest BCUT2D eigenvalue weighted by Gasteiger charge is -2.22. The highest BCUT2D eigenvalue weighted by molar-refractivity contribution is 9.10. The van der Waals surface area contributed by atoms with Gasteiger partial charge in [-0.2, -0.15) is 0 Å². The van der Waals surface area contributed by atoms with Crippen LogP contribution < -0.4 is 5.73 Å². The van der Waals surface area contributed by atoms with E-state index in [9.17, 15) is 0 Å². The van der Waals surface area contributed by atoms with Crippen molar-refractivity contribution in [1.29, 1.82) is 0 Å². The number of thioether (sulfide) groups is 1. The molecule has 1 heterocycles. The zero-order chi connectivity index (χ0) is 13.8. The smallest absolute Gasteiger partial charge is 0.191 e. The summed E-state index contributed by atoms with van der Waals surface area (Å²) < 4.78 is 2.98. The van der Waals surface area contributed by atoms with Crippen molar-refractivity contribution in [3.05, 3.63) is 40.6 Å². The fraction of sp³-hybridized carbons (Fsp3) is 0.385. The van der Waals surface area contributed by atoms with Crippen LogP contribution in [0.15, 0.2) is 40.2 Å². The molecule has 2 atom stereocenters. The van der Waals surface area contributed by atoms with Crippen LogP contribution in [0, 0.1) is 0 Å². The molecule has 1 aromatic carbocycles. The molecule has 0 fully saturated rings. The lowest BCUT2D eigenvalue weighted by molar-refractivity contribution is 0.630. The van der Waals surface area contributed by atoms with Gasteiger partial charge >= 0.3 is 0 Å². The fourth-order valence-corrected chi connectivity index (χ4v) is 3.39. The van der Waals surface area contributed by atoms with Crippen LogP contribution in [0.25, 0.3) is 0 Å². The van der Waals surface area contributed by atoms with E-state index in [0.29, 0.717) is 0 Å². The van der Waals surface area contributed by atoms with Gasteiger partial charge in [0.2, 0.25) is 0 Å². The molecule has 1 aromatic heterocycles. The van der Waals surface area contributed by atoms with Gasteiger partial charge in [0.1, 0.15) is 6.33 Å². The third-order valence-corrected chi connectivity index (χ3v) is 4.89. The summed E-state index contributed by atoms with van der Waals surface area (Å²) in [6.45, 7) is 2.10. The van der Waals surface area contributed by atoms with Gasteiger partial charge in [0.15, 0.2) is 5.16 Å². The second-order valence-electron chi connectivity index (χ2n) is 4.39. The number of nitrogens with zero attached hydrogens (tertiary/aromatic N) is 3. The number of benzene rings is 1. The first kappa shape index (κ1) is 14.6. The van der Waals surface area contributed by atoms with Crippen LogP contribution in [-0.2, 0) is 7.05 Å². The third kappa shape index (κ3) is 3.58. The zero-order valence-electron chi connectivity index (χ0n) is 11.0. The van der Waals surface area contributed by atoms with Gasteiger partial charge < -0.3 is 10.3 Å². The van der Waals surface area contributed by atoms with E-state index in [0.717, 1.165) is 16.0 Å². The van der Waals surface area contributed by atoms with Gasteiger partial charge in [0, 0.05) is 17.6 Å². The van der Waals surface area contributed by atoms with Crippen molar-refractivity contribution >= 4 is 27.7 Å². The first-order valence-electron chi connectivity index (χ1n) is 6.13. The minimum absolute atomic E-state index is 0.0796. The summed E-state index contributed by atoms with van der Waals surface area (Å²) in [6, 6.07) is 8.35. The van der Waals surface area contributed by atoms with Gasteiger partial charge in [-0.05, 0) is 24.1 Å². The Balaban J connectivity index is 2.29. The van der Waals surface area contributed by atoms with Crippen LogP contribution in [0.1, 0.15) is 24.2 Å². The van der Waals surface area contributed by atoms with Gasteiger partial charge in [0.25, 0.3) is 0 Å². The molecule has 0 saturated carbocycles. The Bertz CT molecular complexity index is 543. The average Bonchev–Trinajstić information content (AvgIpc) is 2.80. The fourth-order valence-electron chi connectivity index (χ4n) is 1.79. The molecule has 2 aromatic rings. The Labute approximate surface area is 125 Å². The summed E-state index contributed by atoms with van der Waals surface area (Å²) in [7, 11) is 1.94. The molecule has 2 unspecified atom stereocenters. The van der Waals surface area contributed by atoms with E-state index in [4.69, 9.17) is 5.73 Å². The summed E-state index contributed by atoms with van der Waals surface area (Å²) in [5.41, 5.74) is 7.48. The molecule has 0 aliphatic heterocycles. The Morgan fingerprint density at radius 1 is 1.47 bits per heavy atom. The molecule has 0 saturated heterocycles. The molecule has 6 heteroatoms. The second kappa shape index (κ2) is 6.54. The summed E-state index contributed by atoms with van der Waals surface area (Å²) in [4.78, 5) is 0. The summed E-state index contributed by atoms with van der Waals surface area (Å²) in [5, 5.41) is 9.10. The normalized spacial score (nSPS) is 14.3. The highest BCUT2D eigenvalue weighted by atomic mass is 79.9. The van der Waals surface area contributed by atoms with Gasteiger partial charge in [-0.15, -0.1) is 10.2 Å². The number of nitrogens with two attached hydrogens (primary N) is 1. The van der Waals surface area contributed by atoms with Gasteiger partial charge in [0.05, 0.1) is 5.25 Å². The van der Waals surface area contributed by atoms with Crippen LogP contribution in [0.4, 0.5) is 0 Å². The van der Waals surface area contributed by atoms with Crippen molar-refractivity contribution in [3.63, 3.8) is 0 Å². The molecular formula is C13H17BrN4S. The molecule has 0 aliphatic rings. The minimum atomic E-state index is 0.0796. The Kier molecular flexibility index (Phi) is 5.01. The maximum Gasteiger partial charge on any atom is 0.191 e. The maximum absolute atomic E-state index is 6.27. The van der Waals surface area contributed by atoms with Crippen molar-refractivity contribution in [2.24, 2.45) is 12.8 Å². The van der Waals surface area contributed by atoms with Crippen molar-refractivity contribution < 1.29 is 0 Å². The molecule has 102 valence electrons. The van der Waals surface area contributed by atoms with Gasteiger partial charge in [-0.1, -0.05) is 46.7 Å². The van der Waals surface area contributed by atoms with Crippen LogP contribution in [-0.4, -0.2) is 20.8 Å². The molecule has 4 nitrogen and oxygen atoms in total. The van der Waals surface area contributed by atoms with Crippen molar-refractivity contribution in [3.8, 4) is 0 Å². The molecule has 0 spiro atoms. The van der Waals surface area contributed by atoms with Crippen LogP contribution >= 0.6 is 27.7 Å². The highest BCUT2D eigenvalue weighted by Gasteiger charge is 2.22. The number of halogens is 1. The van der Waals surface area contributed by atoms with Crippen molar-refractivity contribution in [1.82, 2.24) is 14.8 Å². The molecule has 0 bridgehead atoms. The average molecular weight is 341 g/mol. The lowest BCUT2D eigenvalue weighted by atomic mass is 10.0. The predicted molar refractivity (Wildman–Crippen MR) is 82.0 cm³/mol. The summed E-state index contributed by atoms with van der Waals surface area (Å²) in [6.07, 6.45) is 2.62. The Hall–Kier alpha value is -0.850. The van der Waals surface area contributed by atoms with E-state index >= 15 is 0 Å². The number of hydrogen-bond donors (Lipinski definition) is 1. The standard InChI is InChI=1S/C13H17BrN4S/c1-3-11(15)12(9-5-4-6-10(14)7-9)19-13-17-16-8-18(13)2/h4-8,11-12H,3,15H2,1-2H3. The van der Waals surface area contributed by atoms with E-state index in [1.165, 1.54) is 5.56 Å². The second-order valence-corrected chi connectivity index (χ2v) is 6.41. The minimum Gasteiger partial charge on any atom is -0.326 e. The summed E-state index contributed by atoms with van der Waals surface area (Å²) in [5.74, 6) is 0. The van der Waals surface area contributed by atoms with E-state index in [1.807, 2.05) is 23.7 Å². The van der Waals surface area contributed by atoms with Crippen LogP contribution in [0.3, 0.4) is 0 Å². The lowest BCUT2D eigenvalue weighted by Crippen LogP contribution is -2.26. The predicted octanol–water partition coefficient (Wildman–Crippen LogP) is 3.15. The maximum atomic E-state index is 6.27. The number of aryl methyl sites for hydroxylation is 1. The SMILES string of the molecule is CCC(N)C(Sc1nncn1C)c1cccc(Br)c1. The molecule has 19 heavy (non-hydrogen) atoms. The molecule has 2 rings (SSSR count). The van der Waals surface area contributed by atoms with Gasteiger partial charge in [-0.25, -0.2) is 0 Å². The van der Waals surface area contributed by atoms with E-state index in [1.54, 1.807) is 18.1 Å². The molecule has 0 aliphatic carbocycles. The Morgan fingerprint density at radius 2 is 2.26 bits per heavy atom. The largest absolute Gasteiger partial charge is 0.326 e. The molecule has 0 radical (unpaired) electrons. The van der Waals surface area contributed by atoms with Crippen LogP contribution in [0.5, 0.6) is 0 Å². The Morgan fingerprint density at radius 3 is 2.84 bits per heavy atom. The van der Waals surface area contributed by atoms with Crippen LogP contribution in [0.2, 0.25) is 0 Å². The van der Waals surface area contributed by atoms with Crippen molar-refractivity contribution in [2.75, 3.05) is 0 Å². The van der Waals surface area contributed by atoms with E-state index < -0.39 is 0 Å². The van der Waals surface area contributed by atoms with E-state index in [-0.39, 0.29) is 11.3 Å². The first-order chi connectivity index (χ1) is 9.11. The number of hydrogen-bond acceptors (Lipinski definition) is 4. The van der Waals surface area contributed by atoms with Crippen molar-refractivity contribution in [2.45, 2.75) is 29.8 Å². The van der Waals surface area contributed by atoms with Gasteiger partial charge in [-0.3, -0.25) is 0 Å². The summed E-state index contributed by atoms with van der Waals surface area (Å²) >= 11 is 5.17. The number of rotatable bonds is 5. The zero-order valence-corrected chi connectivity index (χ0v) is 13.4. The highest BCUT2D eigenvalue weighted by Crippen LogP contribution is 2.37. The van der Waals surface area contributed by atoms with E-state index in [2.05, 4.69) is 45.2 Å². The topological polar surface area (TPSA) is 56.7 Å². The first-order valence-corrected chi connectivity index (χ1v) is 7.80. The number of aromatic nitrogens is 3. The third-order valence-electron chi connectivity index (χ3n) is 2.94.